The normalized spacial score (nSPS) is 10.4. The van der Waals surface area contributed by atoms with E-state index in [1.165, 1.54) is 0 Å². The molecule has 0 unspecified atom stereocenters. The lowest BCUT2D eigenvalue weighted by atomic mass is 10.2. The van der Waals surface area contributed by atoms with E-state index in [4.69, 9.17) is 0 Å². The molecule has 0 aliphatic carbocycles. The van der Waals surface area contributed by atoms with Crippen molar-refractivity contribution in [3.63, 3.8) is 0 Å². The number of aromatic nitrogens is 2. The van der Waals surface area contributed by atoms with Crippen LogP contribution in [0.5, 0.6) is 0 Å². The van der Waals surface area contributed by atoms with Gasteiger partial charge in [0.25, 0.3) is 5.56 Å². The van der Waals surface area contributed by atoms with Gasteiger partial charge in [0.15, 0.2) is 0 Å². The largest absolute Gasteiger partial charge is 0.306 e. The molecule has 1 aromatic carbocycles. The lowest BCUT2D eigenvalue weighted by Gasteiger charge is -2.03. The van der Waals surface area contributed by atoms with Crippen molar-refractivity contribution in [3.8, 4) is 11.4 Å². The Morgan fingerprint density at radius 3 is 2.69 bits per heavy atom. The highest BCUT2D eigenvalue weighted by Gasteiger charge is 2.06. The van der Waals surface area contributed by atoms with Gasteiger partial charge in [0.05, 0.1) is 5.69 Å². The zero-order valence-corrected chi connectivity index (χ0v) is 11.6. The average molecular weight is 344 g/mol. The van der Waals surface area contributed by atoms with Crippen LogP contribution in [0.1, 0.15) is 5.69 Å². The molecule has 0 atom stereocenters. The molecule has 5 heteroatoms. The molecule has 0 saturated heterocycles. The second kappa shape index (κ2) is 4.51. The number of aryl methyl sites for hydroxylation is 1. The first-order valence-electron chi connectivity index (χ1n) is 4.60. The third kappa shape index (κ3) is 2.25. The second-order valence-electron chi connectivity index (χ2n) is 3.32. The van der Waals surface area contributed by atoms with Crippen LogP contribution in [0.25, 0.3) is 11.4 Å². The Hall–Kier alpha value is -0.940. The summed E-state index contributed by atoms with van der Waals surface area (Å²) in [5.74, 6) is 0.576. The first kappa shape index (κ1) is 11.5. The summed E-state index contributed by atoms with van der Waals surface area (Å²) in [6, 6.07) is 7.63. The molecule has 2 aromatic rings. The van der Waals surface area contributed by atoms with Crippen molar-refractivity contribution >= 4 is 31.9 Å². The highest BCUT2D eigenvalue weighted by atomic mass is 79.9. The van der Waals surface area contributed by atoms with Crippen LogP contribution in [0.15, 0.2) is 38.0 Å². The van der Waals surface area contributed by atoms with Gasteiger partial charge in [-0.05, 0) is 35.0 Å². The summed E-state index contributed by atoms with van der Waals surface area (Å²) in [5.41, 5.74) is 1.39. The fourth-order valence-corrected chi connectivity index (χ4v) is 1.93. The summed E-state index contributed by atoms with van der Waals surface area (Å²) in [6.45, 7) is 1.79. The molecule has 3 nitrogen and oxygen atoms in total. The number of rotatable bonds is 1. The van der Waals surface area contributed by atoms with Gasteiger partial charge >= 0.3 is 0 Å². The fourth-order valence-electron chi connectivity index (χ4n) is 1.34. The van der Waals surface area contributed by atoms with Crippen molar-refractivity contribution < 1.29 is 0 Å². The van der Waals surface area contributed by atoms with E-state index in [-0.39, 0.29) is 5.56 Å². The maximum Gasteiger partial charge on any atom is 0.265 e. The molecule has 0 bridgehead atoms. The number of nitrogens with one attached hydrogen (secondary N) is 1. The maximum atomic E-state index is 11.6. The summed E-state index contributed by atoms with van der Waals surface area (Å²) in [5, 5.41) is 0. The zero-order chi connectivity index (χ0) is 11.7. The number of H-pyrrole nitrogens is 1. The number of halogens is 2. The lowest BCUT2D eigenvalue weighted by Crippen LogP contribution is -2.11. The fraction of sp³-hybridized carbons (Fsp3) is 0.0909. The predicted molar refractivity (Wildman–Crippen MR) is 70.4 cm³/mol. The van der Waals surface area contributed by atoms with Crippen molar-refractivity contribution in [1.29, 1.82) is 0 Å². The van der Waals surface area contributed by atoms with Crippen molar-refractivity contribution in [3.05, 3.63) is 49.3 Å². The van der Waals surface area contributed by atoms with Gasteiger partial charge in [0.2, 0.25) is 0 Å². The average Bonchev–Trinajstić information content (AvgIpc) is 2.25. The van der Waals surface area contributed by atoms with Gasteiger partial charge in [-0.25, -0.2) is 4.98 Å². The second-order valence-corrected chi connectivity index (χ2v) is 5.03. The molecule has 1 heterocycles. The minimum atomic E-state index is -0.164. The summed E-state index contributed by atoms with van der Waals surface area (Å²) >= 11 is 6.57. The molecule has 0 fully saturated rings. The van der Waals surface area contributed by atoms with Crippen LogP contribution in [0.4, 0.5) is 0 Å². The van der Waals surface area contributed by atoms with Gasteiger partial charge < -0.3 is 4.98 Å². The molecule has 82 valence electrons. The number of aromatic amines is 1. The van der Waals surface area contributed by atoms with E-state index < -0.39 is 0 Å². The highest BCUT2D eigenvalue weighted by molar-refractivity contribution is 9.10. The Morgan fingerprint density at radius 2 is 2.06 bits per heavy atom. The van der Waals surface area contributed by atoms with E-state index in [2.05, 4.69) is 41.8 Å². The van der Waals surface area contributed by atoms with E-state index >= 15 is 0 Å². The molecule has 0 spiro atoms. The number of nitrogens with zero attached hydrogens (tertiary/aromatic N) is 1. The maximum absolute atomic E-state index is 11.6. The van der Waals surface area contributed by atoms with Crippen molar-refractivity contribution in [2.45, 2.75) is 6.92 Å². The minimum absolute atomic E-state index is 0.164. The van der Waals surface area contributed by atoms with Gasteiger partial charge in [-0.2, -0.15) is 0 Å². The molecular weight excluding hydrogens is 336 g/mol. The van der Waals surface area contributed by atoms with Crippen LogP contribution < -0.4 is 5.56 Å². The molecule has 16 heavy (non-hydrogen) atoms. The van der Waals surface area contributed by atoms with Crippen LogP contribution in [0.3, 0.4) is 0 Å². The van der Waals surface area contributed by atoms with Crippen LogP contribution in [0, 0.1) is 6.92 Å². The van der Waals surface area contributed by atoms with E-state index in [0.717, 1.165) is 10.0 Å². The first-order chi connectivity index (χ1) is 7.58. The molecule has 0 amide bonds. The van der Waals surface area contributed by atoms with Gasteiger partial charge in [0.1, 0.15) is 10.3 Å². The molecule has 0 aliphatic rings. The standard InChI is InChI=1S/C11H8Br2N2O/c1-6-9(13)11(16)15-10(14-6)7-3-2-4-8(12)5-7/h2-5H,1H3,(H,14,15,16). The summed E-state index contributed by atoms with van der Waals surface area (Å²) in [4.78, 5) is 18.6. The highest BCUT2D eigenvalue weighted by Crippen LogP contribution is 2.20. The Balaban J connectivity index is 2.61. The topological polar surface area (TPSA) is 45.8 Å². The molecule has 0 saturated carbocycles. The van der Waals surface area contributed by atoms with Gasteiger partial charge in [-0.1, -0.05) is 28.1 Å². The Bertz CT molecular complexity index is 593. The molecule has 0 aliphatic heterocycles. The number of benzene rings is 1. The minimum Gasteiger partial charge on any atom is -0.306 e. The third-order valence-electron chi connectivity index (χ3n) is 2.13. The molecule has 0 radical (unpaired) electrons. The number of hydrogen-bond donors (Lipinski definition) is 1. The van der Waals surface area contributed by atoms with Crippen molar-refractivity contribution in [2.24, 2.45) is 0 Å². The monoisotopic (exact) mass is 342 g/mol. The van der Waals surface area contributed by atoms with Crippen molar-refractivity contribution in [1.82, 2.24) is 9.97 Å². The lowest BCUT2D eigenvalue weighted by molar-refractivity contribution is 1.05. The summed E-state index contributed by atoms with van der Waals surface area (Å²) in [7, 11) is 0. The summed E-state index contributed by atoms with van der Waals surface area (Å²) in [6.07, 6.45) is 0. The van der Waals surface area contributed by atoms with Crippen LogP contribution in [0.2, 0.25) is 0 Å². The van der Waals surface area contributed by atoms with E-state index in [1.807, 2.05) is 24.3 Å². The van der Waals surface area contributed by atoms with E-state index in [9.17, 15) is 4.79 Å². The first-order valence-corrected chi connectivity index (χ1v) is 6.19. The number of hydrogen-bond acceptors (Lipinski definition) is 2. The Kier molecular flexibility index (Phi) is 3.25. The van der Waals surface area contributed by atoms with E-state index in [1.54, 1.807) is 6.92 Å². The molecule has 2 rings (SSSR count). The molecule has 1 aromatic heterocycles. The van der Waals surface area contributed by atoms with Gasteiger partial charge in [-0.3, -0.25) is 4.79 Å². The van der Waals surface area contributed by atoms with E-state index in [0.29, 0.717) is 16.0 Å². The smallest absolute Gasteiger partial charge is 0.265 e. The third-order valence-corrected chi connectivity index (χ3v) is 3.55. The Morgan fingerprint density at radius 1 is 1.31 bits per heavy atom. The SMILES string of the molecule is Cc1nc(-c2cccc(Br)c2)[nH]c(=O)c1Br. The van der Waals surface area contributed by atoms with Gasteiger partial charge in [-0.15, -0.1) is 0 Å². The van der Waals surface area contributed by atoms with Crippen LogP contribution in [-0.4, -0.2) is 9.97 Å². The van der Waals surface area contributed by atoms with Crippen LogP contribution >= 0.6 is 31.9 Å². The zero-order valence-electron chi connectivity index (χ0n) is 8.42. The quantitative estimate of drug-likeness (QED) is 0.863. The summed E-state index contributed by atoms with van der Waals surface area (Å²) < 4.78 is 1.43. The molecule has 1 N–H and O–H groups in total. The predicted octanol–water partition coefficient (Wildman–Crippen LogP) is 3.27. The van der Waals surface area contributed by atoms with Crippen molar-refractivity contribution in [2.75, 3.05) is 0 Å². The van der Waals surface area contributed by atoms with Gasteiger partial charge in [0, 0.05) is 10.0 Å². The molecular formula is C11H8Br2N2O. The van der Waals surface area contributed by atoms with Crippen LogP contribution in [-0.2, 0) is 0 Å². The Labute approximate surface area is 109 Å².